The summed E-state index contributed by atoms with van der Waals surface area (Å²) in [6, 6.07) is 29.0. The zero-order valence-corrected chi connectivity index (χ0v) is 20.5. The molecule has 0 aromatic heterocycles. The van der Waals surface area contributed by atoms with Crippen LogP contribution in [0, 0.1) is 0 Å². The second-order valence-corrected chi connectivity index (χ2v) is 9.71. The Morgan fingerprint density at radius 2 is 1.46 bits per heavy atom. The molecule has 4 aromatic rings. The van der Waals surface area contributed by atoms with Gasteiger partial charge in [-0.15, -0.1) is 0 Å². The van der Waals surface area contributed by atoms with Gasteiger partial charge in [0, 0.05) is 15.6 Å². The number of methoxy groups -OCH3 is 1. The van der Waals surface area contributed by atoms with Crippen LogP contribution in [-0.4, -0.2) is 13.0 Å². The van der Waals surface area contributed by atoms with E-state index in [0.29, 0.717) is 21.4 Å². The summed E-state index contributed by atoms with van der Waals surface area (Å²) in [5, 5.41) is 1.30. The maximum Gasteiger partial charge on any atom is 0.259 e. The number of anilines is 1. The molecule has 3 nitrogen and oxygen atoms in total. The summed E-state index contributed by atoms with van der Waals surface area (Å²) in [6.07, 6.45) is 0. The van der Waals surface area contributed by atoms with E-state index in [4.69, 9.17) is 34.5 Å². The van der Waals surface area contributed by atoms with Crippen molar-refractivity contribution < 1.29 is 9.53 Å². The molecule has 0 fully saturated rings. The predicted molar refractivity (Wildman–Crippen MR) is 141 cm³/mol. The van der Waals surface area contributed by atoms with Crippen LogP contribution >= 0.6 is 23.2 Å². The lowest BCUT2D eigenvalue weighted by Gasteiger charge is -2.48. The minimum Gasteiger partial charge on any atom is -0.497 e. The summed E-state index contributed by atoms with van der Waals surface area (Å²) in [5.41, 5.74) is 5.50. The average molecular weight is 498 g/mol. The molecule has 6 rings (SSSR count). The Morgan fingerprint density at radius 1 is 0.857 bits per heavy atom. The molecule has 4 aromatic carbocycles. The van der Waals surface area contributed by atoms with Crippen molar-refractivity contribution in [3.05, 3.63) is 141 Å². The molecule has 0 spiro atoms. The Hall–Kier alpha value is -3.53. The normalized spacial score (nSPS) is 17.6. The van der Waals surface area contributed by atoms with E-state index in [-0.39, 0.29) is 11.9 Å². The first-order chi connectivity index (χ1) is 17.0. The molecule has 35 heavy (non-hydrogen) atoms. The van der Waals surface area contributed by atoms with E-state index in [2.05, 4.69) is 0 Å². The lowest BCUT2D eigenvalue weighted by atomic mass is 9.60. The van der Waals surface area contributed by atoms with Crippen LogP contribution < -0.4 is 9.64 Å². The standard InChI is InChI=1S/C30H21Cl2NO2/c1-18-28-24-5-3-4-6-25(24)29(34)33(28)27-16-15-23(35-2)17-26(27)30(18,19-7-11-21(31)12-8-19)20-9-13-22(32)14-10-20/h3-17,28H,1H2,2H3. The van der Waals surface area contributed by atoms with Gasteiger partial charge in [0.05, 0.1) is 24.3 Å². The van der Waals surface area contributed by atoms with Gasteiger partial charge in [0.2, 0.25) is 0 Å². The van der Waals surface area contributed by atoms with Crippen molar-refractivity contribution in [3.63, 3.8) is 0 Å². The number of nitrogens with zero attached hydrogens (tertiary/aromatic N) is 1. The Labute approximate surface area is 214 Å². The molecule has 2 aliphatic heterocycles. The maximum atomic E-state index is 13.7. The molecule has 0 bridgehead atoms. The van der Waals surface area contributed by atoms with Gasteiger partial charge in [-0.05, 0) is 76.4 Å². The van der Waals surface area contributed by atoms with Crippen molar-refractivity contribution in [1.29, 1.82) is 0 Å². The maximum absolute atomic E-state index is 13.7. The van der Waals surface area contributed by atoms with E-state index in [1.54, 1.807) is 7.11 Å². The molecule has 1 atom stereocenters. The van der Waals surface area contributed by atoms with Crippen LogP contribution in [0.25, 0.3) is 0 Å². The molecule has 0 saturated heterocycles. The van der Waals surface area contributed by atoms with Gasteiger partial charge in [0.15, 0.2) is 0 Å². The van der Waals surface area contributed by atoms with Crippen LogP contribution in [0.15, 0.2) is 103 Å². The molecular formula is C30H21Cl2NO2. The first-order valence-electron chi connectivity index (χ1n) is 11.3. The number of hydrogen-bond donors (Lipinski definition) is 0. The monoisotopic (exact) mass is 497 g/mol. The first kappa shape index (κ1) is 22.0. The number of carbonyl (C=O) groups is 1. The summed E-state index contributed by atoms with van der Waals surface area (Å²) in [4.78, 5) is 15.6. The highest BCUT2D eigenvalue weighted by Crippen LogP contribution is 2.60. The van der Waals surface area contributed by atoms with Crippen LogP contribution in [-0.2, 0) is 5.41 Å². The van der Waals surface area contributed by atoms with E-state index in [0.717, 1.165) is 33.5 Å². The number of halogens is 2. The fourth-order valence-corrected chi connectivity index (χ4v) is 5.94. The summed E-state index contributed by atoms with van der Waals surface area (Å²) < 4.78 is 5.64. The number of amides is 1. The second-order valence-electron chi connectivity index (χ2n) is 8.84. The Bertz CT molecular complexity index is 1450. The Balaban J connectivity index is 1.76. The third-order valence-electron chi connectivity index (χ3n) is 7.20. The van der Waals surface area contributed by atoms with Crippen LogP contribution in [0.5, 0.6) is 5.75 Å². The molecule has 2 aliphatic rings. The van der Waals surface area contributed by atoms with Gasteiger partial charge in [-0.1, -0.05) is 72.2 Å². The van der Waals surface area contributed by atoms with Crippen LogP contribution in [0.4, 0.5) is 5.69 Å². The van der Waals surface area contributed by atoms with Crippen molar-refractivity contribution >= 4 is 34.8 Å². The van der Waals surface area contributed by atoms with Crippen LogP contribution in [0.1, 0.15) is 38.7 Å². The molecule has 0 radical (unpaired) electrons. The highest BCUT2D eigenvalue weighted by molar-refractivity contribution is 6.30. The van der Waals surface area contributed by atoms with Gasteiger partial charge in [0.25, 0.3) is 5.91 Å². The lowest BCUT2D eigenvalue weighted by molar-refractivity contribution is 0.0991. The minimum atomic E-state index is -0.780. The topological polar surface area (TPSA) is 29.5 Å². The molecule has 0 aliphatic carbocycles. The third kappa shape index (κ3) is 3.02. The Morgan fingerprint density at radius 3 is 2.06 bits per heavy atom. The average Bonchev–Trinajstić information content (AvgIpc) is 3.18. The predicted octanol–water partition coefficient (Wildman–Crippen LogP) is 7.61. The SMILES string of the molecule is C=C1C2c3ccccc3C(=O)N2c2ccc(OC)cc2C1(c1ccc(Cl)cc1)c1ccc(Cl)cc1. The van der Waals surface area contributed by atoms with Gasteiger partial charge in [-0.3, -0.25) is 9.69 Å². The van der Waals surface area contributed by atoms with E-state index < -0.39 is 5.41 Å². The van der Waals surface area contributed by atoms with Gasteiger partial charge in [-0.25, -0.2) is 0 Å². The highest BCUT2D eigenvalue weighted by Gasteiger charge is 2.54. The fraction of sp³-hybridized carbons (Fsp3) is 0.100. The quantitative estimate of drug-likeness (QED) is 0.272. The Kier molecular flexibility index (Phi) is 5.03. The zero-order valence-electron chi connectivity index (χ0n) is 19.0. The van der Waals surface area contributed by atoms with Crippen LogP contribution in [0.2, 0.25) is 10.0 Å². The molecule has 1 unspecified atom stereocenters. The lowest BCUT2D eigenvalue weighted by Crippen LogP contribution is -2.45. The number of rotatable bonds is 3. The summed E-state index contributed by atoms with van der Waals surface area (Å²) in [5.74, 6) is 0.672. The number of fused-ring (bicyclic) bond motifs is 5. The summed E-state index contributed by atoms with van der Waals surface area (Å²) >= 11 is 12.6. The number of carbonyl (C=O) groups excluding carboxylic acids is 1. The van der Waals surface area contributed by atoms with Gasteiger partial charge in [0.1, 0.15) is 5.75 Å². The largest absolute Gasteiger partial charge is 0.497 e. The van der Waals surface area contributed by atoms with E-state index in [9.17, 15) is 4.79 Å². The molecule has 172 valence electrons. The van der Waals surface area contributed by atoms with Crippen molar-refractivity contribution in [3.8, 4) is 5.75 Å². The minimum absolute atomic E-state index is 0.0287. The molecule has 2 heterocycles. The molecule has 0 saturated carbocycles. The highest BCUT2D eigenvalue weighted by atomic mass is 35.5. The van der Waals surface area contributed by atoms with Crippen molar-refractivity contribution in [2.75, 3.05) is 12.0 Å². The van der Waals surface area contributed by atoms with Gasteiger partial charge >= 0.3 is 0 Å². The molecule has 0 N–H and O–H groups in total. The number of benzene rings is 4. The van der Waals surface area contributed by atoms with Crippen molar-refractivity contribution in [1.82, 2.24) is 0 Å². The van der Waals surface area contributed by atoms with Gasteiger partial charge in [-0.2, -0.15) is 0 Å². The number of ether oxygens (including phenoxy) is 1. The zero-order chi connectivity index (χ0) is 24.3. The van der Waals surface area contributed by atoms with Crippen molar-refractivity contribution in [2.45, 2.75) is 11.5 Å². The first-order valence-corrected chi connectivity index (χ1v) is 12.0. The van der Waals surface area contributed by atoms with Crippen molar-refractivity contribution in [2.24, 2.45) is 0 Å². The summed E-state index contributed by atoms with van der Waals surface area (Å²) in [7, 11) is 1.64. The fourth-order valence-electron chi connectivity index (χ4n) is 5.69. The second kappa shape index (κ2) is 8.01. The van der Waals surface area contributed by atoms with E-state index in [1.807, 2.05) is 95.9 Å². The third-order valence-corrected chi connectivity index (χ3v) is 7.70. The smallest absolute Gasteiger partial charge is 0.259 e. The number of hydrogen-bond acceptors (Lipinski definition) is 2. The van der Waals surface area contributed by atoms with Crippen LogP contribution in [0.3, 0.4) is 0 Å². The molecule has 5 heteroatoms. The van der Waals surface area contributed by atoms with E-state index >= 15 is 0 Å². The van der Waals surface area contributed by atoms with Gasteiger partial charge < -0.3 is 4.74 Å². The summed E-state index contributed by atoms with van der Waals surface area (Å²) in [6.45, 7) is 4.70. The molecule has 1 amide bonds. The van der Waals surface area contributed by atoms with E-state index in [1.165, 1.54) is 0 Å². The molecular weight excluding hydrogens is 477 g/mol.